The van der Waals surface area contributed by atoms with Crippen LogP contribution in [0.1, 0.15) is 16.2 Å². The predicted molar refractivity (Wildman–Crippen MR) is 94.3 cm³/mol. The van der Waals surface area contributed by atoms with Crippen LogP contribution in [0.15, 0.2) is 55.0 Å². The average molecular weight is 332 g/mol. The number of imidazole rings is 1. The van der Waals surface area contributed by atoms with E-state index in [4.69, 9.17) is 0 Å². The van der Waals surface area contributed by atoms with Gasteiger partial charge in [0.05, 0.1) is 5.56 Å². The Morgan fingerprint density at radius 1 is 1.16 bits per heavy atom. The van der Waals surface area contributed by atoms with E-state index in [-0.39, 0.29) is 5.91 Å². The summed E-state index contributed by atoms with van der Waals surface area (Å²) in [6.07, 6.45) is 5.26. The second-order valence-corrected chi connectivity index (χ2v) is 5.78. The van der Waals surface area contributed by atoms with Crippen LogP contribution in [0.5, 0.6) is 0 Å². The molecule has 1 aromatic carbocycles. The van der Waals surface area contributed by atoms with Gasteiger partial charge in [-0.05, 0) is 31.2 Å². The summed E-state index contributed by atoms with van der Waals surface area (Å²) < 4.78 is 3.72. The maximum atomic E-state index is 12.5. The van der Waals surface area contributed by atoms with Crippen LogP contribution in [-0.2, 0) is 7.05 Å². The molecule has 0 aliphatic carbocycles. The Morgan fingerprint density at radius 2 is 2.04 bits per heavy atom. The lowest BCUT2D eigenvalue weighted by atomic mass is 10.1. The summed E-state index contributed by atoms with van der Waals surface area (Å²) in [5, 5.41) is 11.2. The molecule has 25 heavy (non-hydrogen) atoms. The number of hydrogen-bond acceptors (Lipinski definition) is 4. The number of rotatable bonds is 3. The van der Waals surface area contributed by atoms with Gasteiger partial charge in [0.15, 0.2) is 5.82 Å². The SMILES string of the molecule is Cc1nnc(-c2cccc(NC(=O)c3ccc4nccn4c3)c2)n1C. The standard InChI is InChI=1S/C18H16N6O/c1-12-21-22-17(23(12)2)13-4-3-5-15(10-13)20-18(25)14-6-7-16-19-8-9-24(16)11-14/h3-11H,1-2H3,(H,20,25). The summed E-state index contributed by atoms with van der Waals surface area (Å²) >= 11 is 0. The zero-order valence-corrected chi connectivity index (χ0v) is 13.8. The molecule has 0 atom stereocenters. The lowest BCUT2D eigenvalue weighted by Crippen LogP contribution is -2.12. The summed E-state index contributed by atoms with van der Waals surface area (Å²) in [5.74, 6) is 1.41. The number of fused-ring (bicyclic) bond motifs is 1. The number of hydrogen-bond donors (Lipinski definition) is 1. The molecule has 0 aliphatic heterocycles. The van der Waals surface area contributed by atoms with E-state index in [1.165, 1.54) is 0 Å². The van der Waals surface area contributed by atoms with Gasteiger partial charge >= 0.3 is 0 Å². The third kappa shape index (κ3) is 2.76. The molecule has 7 nitrogen and oxygen atoms in total. The third-order valence-corrected chi connectivity index (χ3v) is 4.12. The van der Waals surface area contributed by atoms with Crippen LogP contribution >= 0.6 is 0 Å². The van der Waals surface area contributed by atoms with E-state index in [9.17, 15) is 4.79 Å². The van der Waals surface area contributed by atoms with Gasteiger partial charge in [-0.1, -0.05) is 12.1 Å². The Hall–Kier alpha value is -3.48. The zero-order valence-electron chi connectivity index (χ0n) is 13.8. The topological polar surface area (TPSA) is 77.1 Å². The molecule has 0 bridgehead atoms. The van der Waals surface area contributed by atoms with E-state index in [1.54, 1.807) is 18.5 Å². The maximum Gasteiger partial charge on any atom is 0.257 e. The largest absolute Gasteiger partial charge is 0.322 e. The number of aromatic nitrogens is 5. The quantitative estimate of drug-likeness (QED) is 0.626. The molecule has 3 heterocycles. The number of carbonyl (C=O) groups is 1. The predicted octanol–water partition coefficient (Wildman–Crippen LogP) is 2.69. The van der Waals surface area contributed by atoms with Gasteiger partial charge in [-0.25, -0.2) is 4.98 Å². The van der Waals surface area contributed by atoms with Crippen LogP contribution in [0, 0.1) is 6.92 Å². The number of nitrogens with zero attached hydrogens (tertiary/aromatic N) is 5. The Kier molecular flexibility index (Phi) is 3.53. The molecule has 0 aliphatic rings. The molecule has 4 aromatic rings. The van der Waals surface area contributed by atoms with Crippen LogP contribution in [0.3, 0.4) is 0 Å². The summed E-state index contributed by atoms with van der Waals surface area (Å²) in [7, 11) is 1.91. The fourth-order valence-electron chi connectivity index (χ4n) is 2.65. The summed E-state index contributed by atoms with van der Waals surface area (Å²) in [6.45, 7) is 1.90. The Balaban J connectivity index is 1.61. The number of carbonyl (C=O) groups excluding carboxylic acids is 1. The first-order valence-electron chi connectivity index (χ1n) is 7.82. The van der Waals surface area contributed by atoms with Crippen molar-refractivity contribution in [2.45, 2.75) is 6.92 Å². The number of nitrogens with one attached hydrogen (secondary N) is 1. The van der Waals surface area contributed by atoms with Crippen LogP contribution in [0.4, 0.5) is 5.69 Å². The lowest BCUT2D eigenvalue weighted by Gasteiger charge is -2.08. The van der Waals surface area contributed by atoms with Crippen LogP contribution in [0.25, 0.3) is 17.0 Å². The van der Waals surface area contributed by atoms with Gasteiger partial charge in [0.1, 0.15) is 11.5 Å². The van der Waals surface area contributed by atoms with Crippen molar-refractivity contribution in [2.24, 2.45) is 7.05 Å². The molecule has 0 spiro atoms. The highest BCUT2D eigenvalue weighted by Crippen LogP contribution is 2.21. The first kappa shape index (κ1) is 15.1. The average Bonchev–Trinajstić information content (AvgIpc) is 3.21. The molecule has 0 radical (unpaired) electrons. The van der Waals surface area contributed by atoms with Gasteiger partial charge in [-0.3, -0.25) is 4.79 Å². The van der Waals surface area contributed by atoms with Gasteiger partial charge in [0, 0.05) is 36.9 Å². The normalized spacial score (nSPS) is 11.0. The summed E-state index contributed by atoms with van der Waals surface area (Å²) in [5.41, 5.74) is 2.96. The number of benzene rings is 1. The second-order valence-electron chi connectivity index (χ2n) is 5.78. The number of anilines is 1. The first-order valence-corrected chi connectivity index (χ1v) is 7.82. The second kappa shape index (κ2) is 5.86. The van der Waals surface area contributed by atoms with E-state index in [0.717, 1.165) is 22.9 Å². The summed E-state index contributed by atoms with van der Waals surface area (Å²) in [6, 6.07) is 11.1. The number of aryl methyl sites for hydroxylation is 1. The van der Waals surface area contributed by atoms with Crippen LogP contribution in [-0.4, -0.2) is 30.1 Å². The van der Waals surface area contributed by atoms with Crippen molar-refractivity contribution in [2.75, 3.05) is 5.32 Å². The highest BCUT2D eigenvalue weighted by molar-refractivity contribution is 6.04. The Bertz CT molecular complexity index is 1080. The molecule has 0 fully saturated rings. The monoisotopic (exact) mass is 332 g/mol. The minimum absolute atomic E-state index is 0.179. The highest BCUT2D eigenvalue weighted by atomic mass is 16.1. The fourth-order valence-corrected chi connectivity index (χ4v) is 2.65. The lowest BCUT2D eigenvalue weighted by molar-refractivity contribution is 0.102. The van der Waals surface area contributed by atoms with Crippen LogP contribution < -0.4 is 5.32 Å². The van der Waals surface area contributed by atoms with Gasteiger partial charge in [0.25, 0.3) is 5.91 Å². The highest BCUT2D eigenvalue weighted by Gasteiger charge is 2.11. The third-order valence-electron chi connectivity index (χ3n) is 4.12. The van der Waals surface area contributed by atoms with Crippen molar-refractivity contribution < 1.29 is 4.79 Å². The van der Waals surface area contributed by atoms with Crippen molar-refractivity contribution in [3.05, 3.63) is 66.4 Å². The molecule has 124 valence electrons. The van der Waals surface area contributed by atoms with E-state index in [2.05, 4.69) is 20.5 Å². The maximum absolute atomic E-state index is 12.5. The molecule has 1 amide bonds. The van der Waals surface area contributed by atoms with Crippen molar-refractivity contribution in [1.29, 1.82) is 0 Å². The molecular weight excluding hydrogens is 316 g/mol. The molecular formula is C18H16N6O. The smallest absolute Gasteiger partial charge is 0.257 e. The van der Waals surface area contributed by atoms with E-state index < -0.39 is 0 Å². The van der Waals surface area contributed by atoms with Crippen molar-refractivity contribution in [3.8, 4) is 11.4 Å². The number of amides is 1. The molecule has 1 N–H and O–H groups in total. The Morgan fingerprint density at radius 3 is 2.84 bits per heavy atom. The van der Waals surface area contributed by atoms with Gasteiger partial charge < -0.3 is 14.3 Å². The van der Waals surface area contributed by atoms with E-state index in [0.29, 0.717) is 11.3 Å². The zero-order chi connectivity index (χ0) is 17.4. The van der Waals surface area contributed by atoms with E-state index in [1.807, 2.05) is 59.5 Å². The molecule has 4 rings (SSSR count). The first-order chi connectivity index (χ1) is 12.1. The number of pyridine rings is 1. The molecule has 0 saturated heterocycles. The van der Waals surface area contributed by atoms with Gasteiger partial charge in [-0.2, -0.15) is 0 Å². The van der Waals surface area contributed by atoms with Gasteiger partial charge in [-0.15, -0.1) is 10.2 Å². The molecule has 7 heteroatoms. The van der Waals surface area contributed by atoms with E-state index >= 15 is 0 Å². The van der Waals surface area contributed by atoms with Crippen molar-refractivity contribution >= 4 is 17.2 Å². The minimum Gasteiger partial charge on any atom is -0.322 e. The fraction of sp³-hybridized carbons (Fsp3) is 0.111. The van der Waals surface area contributed by atoms with Crippen LogP contribution in [0.2, 0.25) is 0 Å². The van der Waals surface area contributed by atoms with Crippen molar-refractivity contribution in [3.63, 3.8) is 0 Å². The van der Waals surface area contributed by atoms with Gasteiger partial charge in [0.2, 0.25) is 0 Å². The Labute approximate surface area is 144 Å². The molecule has 0 saturated carbocycles. The minimum atomic E-state index is -0.179. The molecule has 3 aromatic heterocycles. The van der Waals surface area contributed by atoms with Crippen molar-refractivity contribution in [1.82, 2.24) is 24.1 Å². The molecule has 0 unspecified atom stereocenters. The summed E-state index contributed by atoms with van der Waals surface area (Å²) in [4.78, 5) is 16.7.